The van der Waals surface area contributed by atoms with Crippen LogP contribution in [0.1, 0.15) is 47.0 Å². The second kappa shape index (κ2) is 11.3. The molecule has 0 aromatic heterocycles. The summed E-state index contributed by atoms with van der Waals surface area (Å²) in [6, 6.07) is 1.99. The molecule has 0 aliphatic heterocycles. The topological polar surface area (TPSA) is 126 Å². The van der Waals surface area contributed by atoms with Gasteiger partial charge in [-0.15, -0.1) is 0 Å². The van der Waals surface area contributed by atoms with Gasteiger partial charge in [0.2, 0.25) is 0 Å². The van der Waals surface area contributed by atoms with Gasteiger partial charge in [-0.3, -0.25) is 0 Å². The predicted octanol–water partition coefficient (Wildman–Crippen LogP) is -0.0724. The summed E-state index contributed by atoms with van der Waals surface area (Å²) in [4.78, 5) is 21.6. The van der Waals surface area contributed by atoms with Crippen molar-refractivity contribution in [2.75, 3.05) is 6.61 Å². The van der Waals surface area contributed by atoms with E-state index in [0.717, 1.165) is 0 Å². The Bertz CT molecular complexity index is 400. The van der Waals surface area contributed by atoms with Crippen molar-refractivity contribution < 1.29 is 28.8 Å². The van der Waals surface area contributed by atoms with Crippen LogP contribution in [0.4, 0.5) is 0 Å². The van der Waals surface area contributed by atoms with Crippen molar-refractivity contribution in [3.05, 3.63) is 0 Å². The highest BCUT2D eigenvalue weighted by molar-refractivity contribution is 7.44. The Kier molecular flexibility index (Phi) is 10.7. The van der Waals surface area contributed by atoms with E-state index in [1.165, 1.54) is 0 Å². The fourth-order valence-electron chi connectivity index (χ4n) is 1.94. The fraction of sp³-hybridized carbons (Fsp3) is 0.786. The summed E-state index contributed by atoms with van der Waals surface area (Å²) in [7, 11) is -1.72. The van der Waals surface area contributed by atoms with Crippen LogP contribution in [-0.2, 0) is 18.6 Å². The Morgan fingerprint density at radius 1 is 1.13 bits per heavy atom. The quantitative estimate of drug-likeness (QED) is 0.355. The number of rotatable bonds is 12. The number of carboxylic acid groups (broad SMARTS) is 2. The van der Waals surface area contributed by atoms with Crippen LogP contribution in [0.5, 0.6) is 0 Å². The van der Waals surface area contributed by atoms with E-state index in [1.807, 2.05) is 38.4 Å². The Hall–Kier alpha value is -1.26. The molecule has 0 saturated carbocycles. The molecule has 0 radical (unpaired) electrons. The summed E-state index contributed by atoms with van der Waals surface area (Å²) >= 11 is 0. The molecule has 0 aromatic carbocycles. The fourth-order valence-corrected chi connectivity index (χ4v) is 3.65. The lowest BCUT2D eigenvalue weighted by atomic mass is 10.2. The third-order valence-corrected chi connectivity index (χ3v) is 4.87. The summed E-state index contributed by atoms with van der Waals surface area (Å²) in [5.74, 6) is -2.83. The van der Waals surface area contributed by atoms with Gasteiger partial charge in [-0.1, -0.05) is 0 Å². The molecule has 0 fully saturated rings. The van der Waals surface area contributed by atoms with Crippen LogP contribution in [-0.4, -0.2) is 41.4 Å². The predicted molar refractivity (Wildman–Crippen MR) is 79.3 cm³/mol. The van der Waals surface area contributed by atoms with Gasteiger partial charge in [0.25, 0.3) is 8.53 Å². The second-order valence-corrected chi connectivity index (χ2v) is 6.83. The van der Waals surface area contributed by atoms with E-state index in [9.17, 15) is 19.8 Å². The third kappa shape index (κ3) is 9.47. The first-order chi connectivity index (χ1) is 10.7. The Morgan fingerprint density at radius 2 is 1.61 bits per heavy atom. The Labute approximate surface area is 138 Å². The van der Waals surface area contributed by atoms with Gasteiger partial charge in [0.1, 0.15) is 0 Å². The van der Waals surface area contributed by atoms with Crippen molar-refractivity contribution >= 4 is 20.5 Å². The van der Waals surface area contributed by atoms with Gasteiger partial charge in [0.15, 0.2) is 0 Å². The lowest BCUT2D eigenvalue weighted by Crippen LogP contribution is -2.37. The molecule has 8 nitrogen and oxygen atoms in total. The van der Waals surface area contributed by atoms with Gasteiger partial charge in [0, 0.05) is 36.9 Å². The van der Waals surface area contributed by atoms with Crippen molar-refractivity contribution in [1.29, 1.82) is 5.26 Å². The molecule has 1 unspecified atom stereocenters. The molecule has 0 aliphatic carbocycles. The van der Waals surface area contributed by atoms with Crippen molar-refractivity contribution in [2.24, 2.45) is 0 Å². The molecule has 0 spiro atoms. The van der Waals surface area contributed by atoms with Crippen LogP contribution in [0.25, 0.3) is 0 Å². The molecule has 0 heterocycles. The number of carbonyl (C=O) groups excluding carboxylic acids is 2. The lowest BCUT2D eigenvalue weighted by Gasteiger charge is -2.37. The number of hydrogen-bond acceptors (Lipinski definition) is 8. The number of nitriles is 1. The standard InChI is InChI=1S/C14H25N2O6P/c1-10(2)16(11(3)4)23(21-7-5-6-15)22-12(8-13(17)18)9-14(19)20/h10-12H,5,7-9H2,1-4H3,(H,17,18)(H,19,20)/p-2. The summed E-state index contributed by atoms with van der Waals surface area (Å²) in [5, 5.41) is 30.2. The minimum atomic E-state index is -1.72. The van der Waals surface area contributed by atoms with Gasteiger partial charge >= 0.3 is 0 Å². The monoisotopic (exact) mass is 346 g/mol. The van der Waals surface area contributed by atoms with E-state index in [0.29, 0.717) is 0 Å². The van der Waals surface area contributed by atoms with E-state index < -0.39 is 39.4 Å². The third-order valence-electron chi connectivity index (χ3n) is 2.69. The summed E-state index contributed by atoms with van der Waals surface area (Å²) in [6.45, 7) is 7.77. The first kappa shape index (κ1) is 21.7. The van der Waals surface area contributed by atoms with Crippen LogP contribution in [0, 0.1) is 11.3 Å². The minimum Gasteiger partial charge on any atom is -0.550 e. The highest BCUT2D eigenvalue weighted by Gasteiger charge is 2.30. The summed E-state index contributed by atoms with van der Waals surface area (Å²) in [6.07, 6.45) is -2.10. The molecule has 0 amide bonds. The van der Waals surface area contributed by atoms with E-state index in [4.69, 9.17) is 14.3 Å². The number of hydrogen-bond donors (Lipinski definition) is 0. The molecule has 132 valence electrons. The van der Waals surface area contributed by atoms with E-state index >= 15 is 0 Å². The van der Waals surface area contributed by atoms with Gasteiger partial charge in [0.05, 0.1) is 25.2 Å². The van der Waals surface area contributed by atoms with Gasteiger partial charge in [-0.2, -0.15) is 5.26 Å². The number of aliphatic carboxylic acids is 2. The SMILES string of the molecule is CC(C)N(C(C)C)P(OCCC#N)OC(CC(=O)[O-])CC(=O)[O-]. The zero-order valence-corrected chi connectivity index (χ0v) is 14.7. The van der Waals surface area contributed by atoms with Crippen molar-refractivity contribution in [3.8, 4) is 6.07 Å². The first-order valence-electron chi connectivity index (χ1n) is 7.33. The normalized spacial score (nSPS) is 12.8. The van der Waals surface area contributed by atoms with E-state index in [-0.39, 0.29) is 25.1 Å². The molecule has 23 heavy (non-hydrogen) atoms. The molecule has 0 aromatic rings. The molecule has 0 saturated heterocycles. The molecular weight excluding hydrogens is 323 g/mol. The van der Waals surface area contributed by atoms with Crippen LogP contribution in [0.2, 0.25) is 0 Å². The highest BCUT2D eigenvalue weighted by atomic mass is 31.2. The number of carboxylic acids is 2. The Balaban J connectivity index is 5.16. The highest BCUT2D eigenvalue weighted by Crippen LogP contribution is 2.47. The first-order valence-corrected chi connectivity index (χ1v) is 8.46. The number of nitrogens with zero attached hydrogens (tertiary/aromatic N) is 2. The van der Waals surface area contributed by atoms with E-state index in [1.54, 1.807) is 0 Å². The average Bonchev–Trinajstić information content (AvgIpc) is 2.36. The second-order valence-electron chi connectivity index (χ2n) is 5.43. The van der Waals surface area contributed by atoms with Crippen LogP contribution < -0.4 is 10.2 Å². The van der Waals surface area contributed by atoms with Crippen molar-refractivity contribution in [3.63, 3.8) is 0 Å². The summed E-state index contributed by atoms with van der Waals surface area (Å²) < 4.78 is 13.1. The number of carbonyl (C=O) groups is 2. The van der Waals surface area contributed by atoms with Crippen molar-refractivity contribution in [2.45, 2.75) is 65.1 Å². The maximum atomic E-state index is 10.8. The molecule has 0 aliphatic rings. The minimum absolute atomic E-state index is 0.0229. The van der Waals surface area contributed by atoms with Crippen molar-refractivity contribution in [1.82, 2.24) is 4.67 Å². The molecule has 0 N–H and O–H groups in total. The van der Waals surface area contributed by atoms with Gasteiger partial charge < -0.3 is 28.8 Å². The maximum absolute atomic E-state index is 10.8. The van der Waals surface area contributed by atoms with E-state index in [2.05, 4.69) is 0 Å². The van der Waals surface area contributed by atoms with Crippen LogP contribution in [0.3, 0.4) is 0 Å². The zero-order chi connectivity index (χ0) is 18.0. The molecule has 0 bridgehead atoms. The summed E-state index contributed by atoms with van der Waals surface area (Å²) in [5.41, 5.74) is 0. The smallest absolute Gasteiger partial charge is 0.259 e. The van der Waals surface area contributed by atoms with Crippen LogP contribution >= 0.6 is 8.53 Å². The molecule has 0 rings (SSSR count). The van der Waals surface area contributed by atoms with Gasteiger partial charge in [-0.05, 0) is 27.7 Å². The van der Waals surface area contributed by atoms with Gasteiger partial charge in [-0.25, -0.2) is 4.67 Å². The Morgan fingerprint density at radius 3 is 1.96 bits per heavy atom. The zero-order valence-electron chi connectivity index (χ0n) is 13.9. The van der Waals surface area contributed by atoms with Crippen LogP contribution in [0.15, 0.2) is 0 Å². The lowest BCUT2D eigenvalue weighted by molar-refractivity contribution is -0.310. The maximum Gasteiger partial charge on any atom is 0.259 e. The largest absolute Gasteiger partial charge is 0.550 e. The molecular formula is C14H23N2O6P-2. The molecule has 1 atom stereocenters. The average molecular weight is 346 g/mol. The molecule has 9 heteroatoms.